The van der Waals surface area contributed by atoms with Crippen LogP contribution in [0.25, 0.3) is 11.5 Å². The molecule has 1 aromatic heterocycles. The van der Waals surface area contributed by atoms with E-state index in [2.05, 4.69) is 10.2 Å². The zero-order chi connectivity index (χ0) is 17.1. The number of nitrogens with zero attached hydrogens (tertiary/aromatic N) is 3. The van der Waals surface area contributed by atoms with Crippen molar-refractivity contribution in [3.63, 3.8) is 0 Å². The van der Waals surface area contributed by atoms with E-state index in [1.165, 1.54) is 0 Å². The highest BCUT2D eigenvalue weighted by Gasteiger charge is 2.27. The second-order valence-corrected chi connectivity index (χ2v) is 6.48. The summed E-state index contributed by atoms with van der Waals surface area (Å²) in [6.45, 7) is 5.17. The van der Waals surface area contributed by atoms with Gasteiger partial charge in [-0.2, -0.15) is 0 Å². The van der Waals surface area contributed by atoms with Crippen LogP contribution in [0.15, 0.2) is 28.7 Å². The van der Waals surface area contributed by atoms with Crippen LogP contribution in [0.2, 0.25) is 5.02 Å². The van der Waals surface area contributed by atoms with Gasteiger partial charge in [0, 0.05) is 30.0 Å². The maximum Gasteiger partial charge on any atom is 0.247 e. The third-order valence-electron chi connectivity index (χ3n) is 4.04. The summed E-state index contributed by atoms with van der Waals surface area (Å²) in [6.07, 6.45) is 0.849. The van der Waals surface area contributed by atoms with Crippen LogP contribution in [-0.4, -0.2) is 46.3 Å². The number of aromatic nitrogens is 2. The molecular formula is C17H20ClN3O3. The molecule has 0 spiro atoms. The maximum atomic E-state index is 12.4. The fourth-order valence-corrected chi connectivity index (χ4v) is 2.80. The Morgan fingerprint density at radius 2 is 2.04 bits per heavy atom. The molecule has 24 heavy (non-hydrogen) atoms. The van der Waals surface area contributed by atoms with Crippen molar-refractivity contribution in [2.24, 2.45) is 0 Å². The van der Waals surface area contributed by atoms with Gasteiger partial charge < -0.3 is 14.1 Å². The number of rotatable bonds is 4. The monoisotopic (exact) mass is 349 g/mol. The van der Waals surface area contributed by atoms with Crippen molar-refractivity contribution in [2.45, 2.75) is 38.8 Å². The fourth-order valence-electron chi connectivity index (χ4n) is 2.67. The Kier molecular flexibility index (Phi) is 5.16. The Bertz CT molecular complexity index is 701. The Morgan fingerprint density at radius 3 is 2.79 bits per heavy atom. The summed E-state index contributed by atoms with van der Waals surface area (Å²) >= 11 is 5.87. The molecule has 1 aliphatic rings. The number of morpholine rings is 1. The van der Waals surface area contributed by atoms with E-state index in [-0.39, 0.29) is 18.1 Å². The minimum Gasteiger partial charge on any atom is -0.421 e. The lowest BCUT2D eigenvalue weighted by Gasteiger charge is -2.36. The number of amides is 1. The first kappa shape index (κ1) is 16.9. The summed E-state index contributed by atoms with van der Waals surface area (Å²) in [6, 6.07) is 7.28. The van der Waals surface area contributed by atoms with E-state index in [1.54, 1.807) is 12.1 Å². The van der Waals surface area contributed by atoms with Gasteiger partial charge in [-0.3, -0.25) is 4.79 Å². The molecule has 2 heterocycles. The summed E-state index contributed by atoms with van der Waals surface area (Å²) in [5.41, 5.74) is 0.806. The molecule has 2 aromatic rings. The summed E-state index contributed by atoms with van der Waals surface area (Å²) in [5.74, 6) is 0.980. The summed E-state index contributed by atoms with van der Waals surface area (Å²) in [7, 11) is 0. The summed E-state index contributed by atoms with van der Waals surface area (Å²) < 4.78 is 11.2. The molecule has 0 aliphatic carbocycles. The first-order valence-electron chi connectivity index (χ1n) is 8.02. The predicted molar refractivity (Wildman–Crippen MR) is 89.7 cm³/mol. The second-order valence-electron chi connectivity index (χ2n) is 6.05. The van der Waals surface area contributed by atoms with Crippen molar-refractivity contribution in [1.29, 1.82) is 0 Å². The van der Waals surface area contributed by atoms with Gasteiger partial charge in [-0.05, 0) is 38.1 Å². The molecule has 128 valence electrons. The zero-order valence-electron chi connectivity index (χ0n) is 13.7. The number of ether oxygens (including phenoxy) is 1. The molecule has 0 bridgehead atoms. The first-order valence-corrected chi connectivity index (χ1v) is 8.40. The molecule has 1 amide bonds. The average molecular weight is 350 g/mol. The molecule has 1 fully saturated rings. The highest BCUT2D eigenvalue weighted by atomic mass is 35.5. The minimum absolute atomic E-state index is 0.0741. The lowest BCUT2D eigenvalue weighted by Crippen LogP contribution is -2.50. The van der Waals surface area contributed by atoms with Gasteiger partial charge in [-0.25, -0.2) is 0 Å². The van der Waals surface area contributed by atoms with Gasteiger partial charge in [0.2, 0.25) is 17.7 Å². The molecule has 0 N–H and O–H groups in total. The normalized spacial score (nSPS) is 21.0. The third kappa shape index (κ3) is 3.94. The van der Waals surface area contributed by atoms with Gasteiger partial charge in [0.05, 0.1) is 18.8 Å². The van der Waals surface area contributed by atoms with Crippen molar-refractivity contribution in [3.8, 4) is 11.5 Å². The van der Waals surface area contributed by atoms with Crippen molar-refractivity contribution < 1.29 is 13.9 Å². The number of hydrogen-bond donors (Lipinski definition) is 0. The Morgan fingerprint density at radius 1 is 1.29 bits per heavy atom. The highest BCUT2D eigenvalue weighted by Crippen LogP contribution is 2.21. The zero-order valence-corrected chi connectivity index (χ0v) is 14.5. The molecule has 6 nitrogen and oxygen atoms in total. The van der Waals surface area contributed by atoms with Crippen LogP contribution in [0, 0.1) is 0 Å². The molecule has 1 aromatic carbocycles. The van der Waals surface area contributed by atoms with Gasteiger partial charge in [-0.15, -0.1) is 10.2 Å². The second kappa shape index (κ2) is 7.32. The van der Waals surface area contributed by atoms with Gasteiger partial charge in [0.1, 0.15) is 0 Å². The fraction of sp³-hybridized carbons (Fsp3) is 0.471. The first-order chi connectivity index (χ1) is 11.5. The van der Waals surface area contributed by atoms with Gasteiger partial charge in [0.25, 0.3) is 0 Å². The Hall–Kier alpha value is -1.92. The van der Waals surface area contributed by atoms with Crippen LogP contribution in [0.3, 0.4) is 0 Å². The molecule has 7 heteroatoms. The van der Waals surface area contributed by atoms with Crippen LogP contribution in [0.5, 0.6) is 0 Å². The van der Waals surface area contributed by atoms with E-state index in [4.69, 9.17) is 20.8 Å². The molecular weight excluding hydrogens is 330 g/mol. The predicted octanol–water partition coefficient (Wildman–Crippen LogP) is 2.96. The van der Waals surface area contributed by atoms with Crippen LogP contribution in [-0.2, 0) is 16.0 Å². The molecule has 0 radical (unpaired) electrons. The number of carbonyl (C=O) groups is 1. The van der Waals surface area contributed by atoms with Crippen LogP contribution in [0.1, 0.15) is 26.2 Å². The lowest BCUT2D eigenvalue weighted by atomic mass is 10.1. The Labute approximate surface area is 145 Å². The quantitative estimate of drug-likeness (QED) is 0.848. The Balaban J connectivity index is 1.59. The minimum atomic E-state index is 0.0741. The van der Waals surface area contributed by atoms with E-state index in [9.17, 15) is 4.79 Å². The van der Waals surface area contributed by atoms with Crippen LogP contribution < -0.4 is 0 Å². The molecule has 1 saturated heterocycles. The van der Waals surface area contributed by atoms with Crippen LogP contribution >= 0.6 is 11.6 Å². The van der Waals surface area contributed by atoms with E-state index in [0.717, 1.165) is 5.56 Å². The standard InChI is InChI=1S/C17H20ClN3O3/c1-11-10-23-12(2)9-21(11)16(22)8-7-15-19-20-17(24-15)13-3-5-14(18)6-4-13/h3-6,11-12H,7-10H2,1-2H3. The molecule has 2 unspecified atom stereocenters. The van der Waals surface area contributed by atoms with Gasteiger partial charge in [0.15, 0.2) is 0 Å². The number of aryl methyl sites for hydroxylation is 1. The molecule has 0 saturated carbocycles. The largest absolute Gasteiger partial charge is 0.421 e. The maximum absolute atomic E-state index is 12.4. The van der Waals surface area contributed by atoms with E-state index < -0.39 is 0 Å². The van der Waals surface area contributed by atoms with Crippen molar-refractivity contribution in [1.82, 2.24) is 15.1 Å². The van der Waals surface area contributed by atoms with Crippen LogP contribution in [0.4, 0.5) is 0 Å². The van der Waals surface area contributed by atoms with Gasteiger partial charge >= 0.3 is 0 Å². The van der Waals surface area contributed by atoms with Crippen molar-refractivity contribution in [2.75, 3.05) is 13.2 Å². The van der Waals surface area contributed by atoms with E-state index in [1.807, 2.05) is 30.9 Å². The SMILES string of the molecule is CC1CN(C(=O)CCc2nnc(-c3ccc(Cl)cc3)o2)C(C)CO1. The van der Waals surface area contributed by atoms with Crippen molar-refractivity contribution in [3.05, 3.63) is 35.2 Å². The average Bonchev–Trinajstić information content (AvgIpc) is 3.04. The molecule has 1 aliphatic heterocycles. The summed E-state index contributed by atoms with van der Waals surface area (Å²) in [4.78, 5) is 14.3. The smallest absolute Gasteiger partial charge is 0.247 e. The summed E-state index contributed by atoms with van der Waals surface area (Å²) in [5, 5.41) is 8.70. The van der Waals surface area contributed by atoms with E-state index >= 15 is 0 Å². The van der Waals surface area contributed by atoms with Crippen molar-refractivity contribution >= 4 is 17.5 Å². The number of carbonyl (C=O) groups excluding carboxylic acids is 1. The number of benzene rings is 1. The molecule has 2 atom stereocenters. The third-order valence-corrected chi connectivity index (χ3v) is 4.29. The highest BCUT2D eigenvalue weighted by molar-refractivity contribution is 6.30. The lowest BCUT2D eigenvalue weighted by molar-refractivity contribution is -0.143. The number of halogens is 1. The number of hydrogen-bond acceptors (Lipinski definition) is 5. The topological polar surface area (TPSA) is 68.5 Å². The molecule has 3 rings (SSSR count). The van der Waals surface area contributed by atoms with E-state index in [0.29, 0.717) is 42.8 Å². The van der Waals surface area contributed by atoms with Gasteiger partial charge in [-0.1, -0.05) is 11.6 Å².